The molecular weight excluding hydrogens is 324 g/mol. The molecule has 124 valence electrons. The molecule has 6 nitrogen and oxygen atoms in total. The average Bonchev–Trinajstić information content (AvgIpc) is 2.49. The van der Waals surface area contributed by atoms with Gasteiger partial charge in [-0.15, -0.1) is 0 Å². The van der Waals surface area contributed by atoms with E-state index in [1.807, 2.05) is 0 Å². The largest absolute Gasteiger partial charge is 0.461 e. The molecular formula is C14H22N2O4S2. The number of carbonyl (C=O) groups excluding carboxylic acids is 2. The summed E-state index contributed by atoms with van der Waals surface area (Å²) >= 11 is 10.1. The molecule has 0 aromatic carbocycles. The lowest BCUT2D eigenvalue weighted by molar-refractivity contribution is -0.136. The summed E-state index contributed by atoms with van der Waals surface area (Å²) in [6.07, 6.45) is 3.71. The summed E-state index contributed by atoms with van der Waals surface area (Å²) < 4.78 is 9.74. The van der Waals surface area contributed by atoms with E-state index < -0.39 is 11.9 Å². The van der Waals surface area contributed by atoms with Crippen LogP contribution in [0.1, 0.15) is 39.5 Å². The monoisotopic (exact) mass is 346 g/mol. The standard InChI is InChI=1S/C14H22N2O4S2/c1-3-19-13(17)11(21)15-9-7-5-6-8-10(9)16-12(22)14(18)20-4-2/h9-10H,3-8H2,1-2H3,(H,15,21)(H,16,22)/t9-,10-/m0/s1. The second kappa shape index (κ2) is 9.68. The molecule has 0 saturated heterocycles. The number of hydrogen-bond donors (Lipinski definition) is 2. The van der Waals surface area contributed by atoms with E-state index >= 15 is 0 Å². The summed E-state index contributed by atoms with van der Waals surface area (Å²) in [5.74, 6) is -1.07. The average molecular weight is 346 g/mol. The van der Waals surface area contributed by atoms with E-state index in [4.69, 9.17) is 33.9 Å². The van der Waals surface area contributed by atoms with Gasteiger partial charge in [0.2, 0.25) is 0 Å². The van der Waals surface area contributed by atoms with Crippen LogP contribution in [0.3, 0.4) is 0 Å². The Kier molecular flexibility index (Phi) is 8.26. The van der Waals surface area contributed by atoms with E-state index in [1.165, 1.54) is 0 Å². The number of rotatable bonds is 4. The number of thiocarbonyl (C=S) groups is 2. The molecule has 1 saturated carbocycles. The fourth-order valence-electron chi connectivity index (χ4n) is 2.32. The highest BCUT2D eigenvalue weighted by molar-refractivity contribution is 7.82. The fraction of sp³-hybridized carbons (Fsp3) is 0.714. The molecule has 0 aromatic rings. The molecule has 0 spiro atoms. The first-order valence-electron chi connectivity index (χ1n) is 7.44. The minimum Gasteiger partial charge on any atom is -0.461 e. The lowest BCUT2D eigenvalue weighted by Crippen LogP contribution is -2.55. The normalized spacial score (nSPS) is 20.6. The third-order valence-electron chi connectivity index (χ3n) is 3.32. The van der Waals surface area contributed by atoms with Crippen LogP contribution in [0, 0.1) is 0 Å². The Bertz CT molecular complexity index is 403. The second-order valence-electron chi connectivity index (χ2n) is 4.89. The van der Waals surface area contributed by atoms with Crippen molar-refractivity contribution >= 4 is 46.4 Å². The third-order valence-corrected chi connectivity index (χ3v) is 3.89. The number of hydrogen-bond acceptors (Lipinski definition) is 6. The second-order valence-corrected chi connectivity index (χ2v) is 5.70. The van der Waals surface area contributed by atoms with Crippen molar-refractivity contribution in [2.45, 2.75) is 51.6 Å². The number of carbonyl (C=O) groups is 2. The van der Waals surface area contributed by atoms with Gasteiger partial charge in [0.15, 0.2) is 9.98 Å². The maximum atomic E-state index is 11.6. The highest BCUT2D eigenvalue weighted by atomic mass is 32.1. The Morgan fingerprint density at radius 3 is 1.59 bits per heavy atom. The van der Waals surface area contributed by atoms with Crippen molar-refractivity contribution in [2.24, 2.45) is 0 Å². The highest BCUT2D eigenvalue weighted by Gasteiger charge is 2.29. The van der Waals surface area contributed by atoms with Crippen LogP contribution in [0.15, 0.2) is 0 Å². The molecule has 1 fully saturated rings. The van der Waals surface area contributed by atoms with Gasteiger partial charge in [-0.05, 0) is 26.7 Å². The first-order chi connectivity index (χ1) is 10.5. The fourth-order valence-corrected chi connectivity index (χ4v) is 2.74. The Hall–Kier alpha value is -1.28. The lowest BCUT2D eigenvalue weighted by atomic mass is 9.90. The maximum absolute atomic E-state index is 11.6. The quantitative estimate of drug-likeness (QED) is 0.582. The van der Waals surface area contributed by atoms with Crippen LogP contribution in [0.5, 0.6) is 0 Å². The summed E-state index contributed by atoms with van der Waals surface area (Å²) in [4.78, 5) is 23.3. The van der Waals surface area contributed by atoms with Crippen molar-refractivity contribution in [3.8, 4) is 0 Å². The summed E-state index contributed by atoms with van der Waals surface area (Å²) in [5, 5.41) is 6.02. The molecule has 0 radical (unpaired) electrons. The number of esters is 2. The SMILES string of the molecule is CCOC(=O)C(=S)N[C@H]1CCCC[C@@H]1NC(=S)C(=O)OCC. The first kappa shape index (κ1) is 18.8. The minimum atomic E-state index is -0.533. The van der Waals surface area contributed by atoms with Crippen molar-refractivity contribution in [3.63, 3.8) is 0 Å². The summed E-state index contributed by atoms with van der Waals surface area (Å²) in [5.41, 5.74) is 0. The van der Waals surface area contributed by atoms with Crippen LogP contribution < -0.4 is 10.6 Å². The van der Waals surface area contributed by atoms with Crippen LogP contribution in [0.25, 0.3) is 0 Å². The molecule has 1 aliphatic rings. The molecule has 2 atom stereocenters. The van der Waals surface area contributed by atoms with Gasteiger partial charge in [0.1, 0.15) is 0 Å². The van der Waals surface area contributed by atoms with Crippen molar-refractivity contribution in [2.75, 3.05) is 13.2 Å². The molecule has 0 aromatic heterocycles. The Labute approximate surface area is 141 Å². The third kappa shape index (κ3) is 5.84. The van der Waals surface area contributed by atoms with Crippen molar-refractivity contribution in [1.29, 1.82) is 0 Å². The van der Waals surface area contributed by atoms with Gasteiger partial charge in [0.25, 0.3) is 0 Å². The van der Waals surface area contributed by atoms with E-state index in [9.17, 15) is 9.59 Å². The van der Waals surface area contributed by atoms with E-state index in [0.29, 0.717) is 0 Å². The van der Waals surface area contributed by atoms with Gasteiger partial charge in [-0.3, -0.25) is 0 Å². The van der Waals surface area contributed by atoms with Crippen LogP contribution in [0.4, 0.5) is 0 Å². The molecule has 0 unspecified atom stereocenters. The zero-order valence-electron chi connectivity index (χ0n) is 12.8. The lowest BCUT2D eigenvalue weighted by Gasteiger charge is -2.33. The van der Waals surface area contributed by atoms with Crippen LogP contribution in [-0.2, 0) is 19.1 Å². The van der Waals surface area contributed by atoms with Crippen LogP contribution >= 0.6 is 24.4 Å². The smallest absolute Gasteiger partial charge is 0.365 e. The van der Waals surface area contributed by atoms with Gasteiger partial charge in [0, 0.05) is 12.1 Å². The van der Waals surface area contributed by atoms with Gasteiger partial charge in [-0.2, -0.15) is 0 Å². The molecule has 0 bridgehead atoms. The highest BCUT2D eigenvalue weighted by Crippen LogP contribution is 2.19. The van der Waals surface area contributed by atoms with Gasteiger partial charge < -0.3 is 20.1 Å². The zero-order chi connectivity index (χ0) is 16.5. The van der Waals surface area contributed by atoms with Crippen molar-refractivity contribution in [3.05, 3.63) is 0 Å². The van der Waals surface area contributed by atoms with E-state index in [1.54, 1.807) is 13.8 Å². The minimum absolute atomic E-state index is 0.0580. The van der Waals surface area contributed by atoms with Gasteiger partial charge >= 0.3 is 11.9 Å². The summed E-state index contributed by atoms with van der Waals surface area (Å²) in [6, 6.07) is -0.143. The van der Waals surface area contributed by atoms with E-state index in [0.717, 1.165) is 25.7 Å². The molecule has 1 rings (SSSR count). The molecule has 8 heteroatoms. The molecule has 0 aliphatic heterocycles. The molecule has 2 N–H and O–H groups in total. The summed E-state index contributed by atoms with van der Waals surface area (Å²) in [7, 11) is 0. The Morgan fingerprint density at radius 2 is 1.27 bits per heavy atom. The van der Waals surface area contributed by atoms with Gasteiger partial charge in [-0.1, -0.05) is 37.3 Å². The first-order valence-corrected chi connectivity index (χ1v) is 8.26. The predicted molar refractivity (Wildman–Crippen MR) is 90.8 cm³/mol. The molecule has 0 amide bonds. The predicted octanol–water partition coefficient (Wildman–Crippen LogP) is 1.26. The molecule has 1 aliphatic carbocycles. The molecule has 22 heavy (non-hydrogen) atoms. The zero-order valence-corrected chi connectivity index (χ0v) is 14.5. The van der Waals surface area contributed by atoms with Crippen LogP contribution in [0.2, 0.25) is 0 Å². The van der Waals surface area contributed by atoms with Crippen molar-refractivity contribution < 1.29 is 19.1 Å². The topological polar surface area (TPSA) is 76.7 Å². The summed E-state index contributed by atoms with van der Waals surface area (Å²) in [6.45, 7) is 4.01. The Balaban J connectivity index is 2.59. The van der Waals surface area contributed by atoms with Crippen molar-refractivity contribution in [1.82, 2.24) is 10.6 Å². The van der Waals surface area contributed by atoms with Gasteiger partial charge in [0.05, 0.1) is 13.2 Å². The van der Waals surface area contributed by atoms with Gasteiger partial charge in [-0.25, -0.2) is 9.59 Å². The Morgan fingerprint density at radius 1 is 0.909 bits per heavy atom. The molecule has 0 heterocycles. The van der Waals surface area contributed by atoms with E-state index in [-0.39, 0.29) is 35.3 Å². The van der Waals surface area contributed by atoms with Crippen LogP contribution in [-0.4, -0.2) is 47.2 Å². The number of nitrogens with one attached hydrogen (secondary N) is 2. The van der Waals surface area contributed by atoms with E-state index in [2.05, 4.69) is 10.6 Å². The maximum Gasteiger partial charge on any atom is 0.365 e. The number of ether oxygens (including phenoxy) is 2.